The highest BCUT2D eigenvalue weighted by atomic mass is 16.6. The van der Waals surface area contributed by atoms with E-state index >= 15 is 0 Å². The Labute approximate surface area is 125 Å². The van der Waals surface area contributed by atoms with Crippen molar-refractivity contribution in [3.05, 3.63) is 35.9 Å². The molecule has 1 fully saturated rings. The number of benzene rings is 1. The lowest BCUT2D eigenvalue weighted by Gasteiger charge is -2.15. The van der Waals surface area contributed by atoms with E-state index in [0.29, 0.717) is 0 Å². The number of amides is 1. The number of rotatable bonds is 5. The maximum Gasteiger partial charge on any atom is 0.260 e. The van der Waals surface area contributed by atoms with Crippen molar-refractivity contribution < 1.29 is 9.63 Å². The number of nitrogens with two attached hydrogens (primary N) is 1. The number of nitrogens with one attached hydrogen (secondary N) is 1. The van der Waals surface area contributed by atoms with Crippen LogP contribution in [0.3, 0.4) is 0 Å². The van der Waals surface area contributed by atoms with Crippen molar-refractivity contribution in [3.8, 4) is 0 Å². The van der Waals surface area contributed by atoms with Crippen molar-refractivity contribution in [2.75, 3.05) is 6.61 Å². The summed E-state index contributed by atoms with van der Waals surface area (Å²) in [5.41, 5.74) is 6.56. The molecular weight excluding hydrogens is 266 g/mol. The van der Waals surface area contributed by atoms with E-state index in [4.69, 9.17) is 10.6 Å². The maximum absolute atomic E-state index is 11.8. The minimum absolute atomic E-state index is 0.0932. The Morgan fingerprint density at radius 2 is 1.86 bits per heavy atom. The van der Waals surface area contributed by atoms with Crippen LogP contribution in [-0.4, -0.2) is 24.4 Å². The van der Waals surface area contributed by atoms with Gasteiger partial charge in [0.05, 0.1) is 0 Å². The molecule has 1 saturated carbocycles. The summed E-state index contributed by atoms with van der Waals surface area (Å²) in [4.78, 5) is 16.8. The Hall–Kier alpha value is -2.04. The summed E-state index contributed by atoms with van der Waals surface area (Å²) >= 11 is 0. The number of nitrogens with zero attached hydrogens (tertiary/aromatic N) is 1. The van der Waals surface area contributed by atoms with Gasteiger partial charge in [-0.25, -0.2) is 0 Å². The minimum Gasteiger partial charge on any atom is -0.384 e. The molecule has 1 aliphatic carbocycles. The highest BCUT2D eigenvalue weighted by molar-refractivity contribution is 5.97. The van der Waals surface area contributed by atoms with E-state index in [1.807, 2.05) is 30.3 Å². The smallest absolute Gasteiger partial charge is 0.260 e. The molecule has 0 spiro atoms. The summed E-state index contributed by atoms with van der Waals surface area (Å²) in [6, 6.07) is 9.60. The van der Waals surface area contributed by atoms with Gasteiger partial charge in [0.25, 0.3) is 5.91 Å². The third kappa shape index (κ3) is 5.45. The van der Waals surface area contributed by atoms with Crippen LogP contribution in [0.4, 0.5) is 0 Å². The Balaban J connectivity index is 1.73. The van der Waals surface area contributed by atoms with Crippen LogP contribution in [0.5, 0.6) is 0 Å². The number of hydrogen-bond acceptors (Lipinski definition) is 3. The molecule has 2 rings (SSSR count). The van der Waals surface area contributed by atoms with Gasteiger partial charge in [-0.05, 0) is 12.8 Å². The van der Waals surface area contributed by atoms with Gasteiger partial charge < -0.3 is 15.9 Å². The zero-order chi connectivity index (χ0) is 14.9. The Morgan fingerprint density at radius 1 is 1.19 bits per heavy atom. The largest absolute Gasteiger partial charge is 0.384 e. The normalized spacial score (nSPS) is 17.0. The lowest BCUT2D eigenvalue weighted by Crippen LogP contribution is -2.36. The van der Waals surface area contributed by atoms with Crippen LogP contribution in [0.1, 0.15) is 44.1 Å². The van der Waals surface area contributed by atoms with Gasteiger partial charge in [-0.2, -0.15) is 0 Å². The van der Waals surface area contributed by atoms with Gasteiger partial charge in [-0.15, -0.1) is 0 Å². The zero-order valence-corrected chi connectivity index (χ0v) is 12.3. The van der Waals surface area contributed by atoms with E-state index in [2.05, 4.69) is 10.5 Å². The van der Waals surface area contributed by atoms with Crippen molar-refractivity contribution in [3.63, 3.8) is 0 Å². The number of oxime groups is 1. The van der Waals surface area contributed by atoms with Crippen LogP contribution in [0.15, 0.2) is 35.5 Å². The van der Waals surface area contributed by atoms with E-state index in [0.717, 1.165) is 18.4 Å². The first kappa shape index (κ1) is 15.4. The van der Waals surface area contributed by atoms with Gasteiger partial charge in [0.1, 0.15) is 0 Å². The van der Waals surface area contributed by atoms with Crippen molar-refractivity contribution in [2.45, 2.75) is 44.6 Å². The quantitative estimate of drug-likeness (QED) is 0.377. The topological polar surface area (TPSA) is 76.7 Å². The number of amidine groups is 1. The molecule has 1 aliphatic rings. The van der Waals surface area contributed by atoms with Crippen LogP contribution in [0, 0.1) is 0 Å². The summed E-state index contributed by atoms with van der Waals surface area (Å²) in [6.07, 6.45) is 7.01. The predicted molar refractivity (Wildman–Crippen MR) is 82.8 cm³/mol. The molecule has 0 bridgehead atoms. The van der Waals surface area contributed by atoms with E-state index < -0.39 is 0 Å². The molecule has 0 radical (unpaired) electrons. The second-order valence-corrected chi connectivity index (χ2v) is 5.37. The second kappa shape index (κ2) is 8.29. The second-order valence-electron chi connectivity index (χ2n) is 5.37. The highest BCUT2D eigenvalue weighted by Crippen LogP contribution is 2.16. The molecule has 0 aromatic heterocycles. The van der Waals surface area contributed by atoms with E-state index in [1.165, 1.54) is 25.7 Å². The van der Waals surface area contributed by atoms with Gasteiger partial charge >= 0.3 is 0 Å². The van der Waals surface area contributed by atoms with E-state index in [9.17, 15) is 4.79 Å². The van der Waals surface area contributed by atoms with Crippen molar-refractivity contribution in [2.24, 2.45) is 10.9 Å². The molecule has 0 unspecified atom stereocenters. The van der Waals surface area contributed by atoms with Gasteiger partial charge in [-0.1, -0.05) is 61.2 Å². The number of hydrogen-bond donors (Lipinski definition) is 2. The fourth-order valence-electron chi connectivity index (χ4n) is 2.52. The average Bonchev–Trinajstić information content (AvgIpc) is 2.76. The molecule has 0 aliphatic heterocycles. The molecule has 5 nitrogen and oxygen atoms in total. The third-order valence-corrected chi connectivity index (χ3v) is 3.65. The Morgan fingerprint density at radius 3 is 2.52 bits per heavy atom. The van der Waals surface area contributed by atoms with Gasteiger partial charge in [0.2, 0.25) is 0 Å². The van der Waals surface area contributed by atoms with Crippen molar-refractivity contribution in [1.82, 2.24) is 5.32 Å². The molecule has 0 saturated heterocycles. The SMILES string of the molecule is NC(=NOCC(=O)NC1CCCCCC1)c1ccccc1. The van der Waals surface area contributed by atoms with Crippen LogP contribution < -0.4 is 11.1 Å². The number of carbonyl (C=O) groups is 1. The van der Waals surface area contributed by atoms with Crippen LogP contribution in [0.25, 0.3) is 0 Å². The fourth-order valence-corrected chi connectivity index (χ4v) is 2.52. The first-order valence-corrected chi connectivity index (χ1v) is 7.56. The van der Waals surface area contributed by atoms with Crippen LogP contribution >= 0.6 is 0 Å². The molecule has 114 valence electrons. The molecule has 3 N–H and O–H groups in total. The van der Waals surface area contributed by atoms with E-state index in [-0.39, 0.29) is 24.4 Å². The molecule has 1 amide bonds. The zero-order valence-electron chi connectivity index (χ0n) is 12.3. The molecule has 0 atom stereocenters. The summed E-state index contributed by atoms with van der Waals surface area (Å²) in [6.45, 7) is -0.0932. The number of carbonyl (C=O) groups excluding carboxylic acids is 1. The summed E-state index contributed by atoms with van der Waals surface area (Å²) in [7, 11) is 0. The predicted octanol–water partition coefficient (Wildman–Crippen LogP) is 2.16. The standard InChI is InChI=1S/C16H23N3O2/c17-16(13-8-4-3-5-9-13)19-21-12-15(20)18-14-10-6-1-2-7-11-14/h3-5,8-9,14H,1-2,6-7,10-12H2,(H2,17,19)(H,18,20). The summed E-state index contributed by atoms with van der Waals surface area (Å²) < 4.78 is 0. The van der Waals surface area contributed by atoms with E-state index in [1.54, 1.807) is 0 Å². The molecular formula is C16H23N3O2. The lowest BCUT2D eigenvalue weighted by molar-refractivity contribution is -0.126. The minimum atomic E-state index is -0.133. The third-order valence-electron chi connectivity index (χ3n) is 3.65. The highest BCUT2D eigenvalue weighted by Gasteiger charge is 2.14. The monoisotopic (exact) mass is 289 g/mol. The lowest BCUT2D eigenvalue weighted by atomic mass is 10.1. The van der Waals surface area contributed by atoms with Crippen molar-refractivity contribution >= 4 is 11.7 Å². The van der Waals surface area contributed by atoms with Gasteiger partial charge in [0, 0.05) is 11.6 Å². The van der Waals surface area contributed by atoms with Crippen LogP contribution in [-0.2, 0) is 9.63 Å². The summed E-state index contributed by atoms with van der Waals surface area (Å²) in [5.74, 6) is 0.143. The molecule has 0 heterocycles. The Bertz CT molecular complexity index is 466. The van der Waals surface area contributed by atoms with Gasteiger partial charge in [-0.3, -0.25) is 4.79 Å². The van der Waals surface area contributed by atoms with Crippen molar-refractivity contribution in [1.29, 1.82) is 0 Å². The fraction of sp³-hybridized carbons (Fsp3) is 0.500. The first-order valence-electron chi connectivity index (χ1n) is 7.56. The van der Waals surface area contributed by atoms with Crippen LogP contribution in [0.2, 0.25) is 0 Å². The maximum atomic E-state index is 11.8. The first-order chi connectivity index (χ1) is 10.3. The summed E-state index contributed by atoms with van der Waals surface area (Å²) in [5, 5.41) is 6.78. The molecule has 5 heteroatoms. The molecule has 1 aromatic rings. The van der Waals surface area contributed by atoms with Gasteiger partial charge in [0.15, 0.2) is 12.4 Å². The molecule has 21 heavy (non-hydrogen) atoms. The average molecular weight is 289 g/mol. The molecule has 1 aromatic carbocycles. The Kier molecular flexibility index (Phi) is 6.06.